The largest absolute Gasteiger partial charge is 0.507 e. The van der Waals surface area contributed by atoms with Gasteiger partial charge in [0.2, 0.25) is 11.4 Å². The number of esters is 1. The highest BCUT2D eigenvalue weighted by Crippen LogP contribution is 2.55. The van der Waals surface area contributed by atoms with Crippen LogP contribution in [0.25, 0.3) is 0 Å². The number of aliphatic hydroxyl groups excluding tert-OH is 2. The van der Waals surface area contributed by atoms with Crippen LogP contribution in [-0.4, -0.2) is 148 Å². The number of nitrogens with zero attached hydrogens (tertiary/aromatic N) is 1. The number of hydrogen-bond acceptors (Lipinski definition) is 17. The second kappa shape index (κ2) is 16.4. The van der Waals surface area contributed by atoms with Crippen LogP contribution in [0.1, 0.15) is 115 Å². The summed E-state index contributed by atoms with van der Waals surface area (Å²) in [5, 5.41) is 68.2. The molecule has 14 unspecified atom stereocenters. The van der Waals surface area contributed by atoms with Gasteiger partial charge in [-0.2, -0.15) is 0 Å². The fourth-order valence-corrected chi connectivity index (χ4v) is 9.42. The molecule has 17 heteroatoms. The number of methoxy groups -OCH3 is 1. The van der Waals surface area contributed by atoms with Crippen LogP contribution in [0.15, 0.2) is 24.3 Å². The second-order valence-corrected chi connectivity index (χ2v) is 16.6. The summed E-state index contributed by atoms with van der Waals surface area (Å²) >= 11 is 0. The minimum absolute atomic E-state index is 0.0911. The van der Waals surface area contributed by atoms with E-state index >= 15 is 0 Å². The van der Waals surface area contributed by atoms with E-state index in [2.05, 4.69) is 0 Å². The number of carbonyl (C=O) groups is 3. The standard InChI is InChI=1S/C42H55NO16/c1-8-41(51)17-28(34-23(42(41,52)40(50)53-7)14-22-33(37(34)49)36(48)32-21(35(22)47)10-9-11-26(32)45)57-30-15-24(43(5)6)38(19(3)55-30)59-31-16-27(46)39(20(4)56-31)58-29-13-12-25(44)18(2)54-29/h9-11,14,18-20,24-25,27-31,38-39,44-46,49,51-52H,8,12-13,15-17H2,1-7H3. The molecular weight excluding hydrogens is 774 g/mol. The van der Waals surface area contributed by atoms with Gasteiger partial charge in [-0.3, -0.25) is 9.59 Å². The molecule has 59 heavy (non-hydrogen) atoms. The van der Waals surface area contributed by atoms with Crippen LogP contribution in [0, 0.1) is 0 Å². The molecule has 3 heterocycles. The summed E-state index contributed by atoms with van der Waals surface area (Å²) in [5.74, 6) is -4.12. The maximum Gasteiger partial charge on any atom is 0.345 e. The van der Waals surface area contributed by atoms with Gasteiger partial charge in [0.25, 0.3) is 0 Å². The number of carbonyl (C=O) groups excluding carboxylic acids is 3. The molecule has 0 bridgehead atoms. The number of aromatic hydroxyl groups is 2. The Hall–Kier alpha value is -3.59. The van der Waals surface area contributed by atoms with Crippen molar-refractivity contribution in [2.45, 2.75) is 151 Å². The van der Waals surface area contributed by atoms with Crippen molar-refractivity contribution in [3.05, 3.63) is 57.6 Å². The zero-order valence-corrected chi connectivity index (χ0v) is 34.2. The predicted molar refractivity (Wildman–Crippen MR) is 203 cm³/mol. The summed E-state index contributed by atoms with van der Waals surface area (Å²) in [6.07, 6.45) is -7.69. The van der Waals surface area contributed by atoms with Gasteiger partial charge in [0.15, 0.2) is 24.7 Å². The lowest BCUT2D eigenvalue weighted by Gasteiger charge is -2.50. The second-order valence-electron chi connectivity index (χ2n) is 16.6. The van der Waals surface area contributed by atoms with Crippen LogP contribution >= 0.6 is 0 Å². The topological polar surface area (TPSA) is 240 Å². The fraction of sp³-hybridized carbons (Fsp3) is 0.643. The fourth-order valence-electron chi connectivity index (χ4n) is 9.42. The van der Waals surface area contributed by atoms with Crippen molar-refractivity contribution >= 4 is 17.5 Å². The molecule has 2 aromatic carbocycles. The molecule has 0 aromatic heterocycles. The number of hydrogen-bond donors (Lipinski definition) is 6. The molecule has 0 amide bonds. The third kappa shape index (κ3) is 7.37. The Morgan fingerprint density at radius 2 is 1.47 bits per heavy atom. The molecule has 5 aliphatic rings. The number of aliphatic hydroxyl groups is 4. The highest BCUT2D eigenvalue weighted by atomic mass is 16.7. The third-order valence-electron chi connectivity index (χ3n) is 12.8. The van der Waals surface area contributed by atoms with Crippen LogP contribution < -0.4 is 0 Å². The molecule has 0 radical (unpaired) electrons. The Labute approximate surface area is 341 Å². The van der Waals surface area contributed by atoms with Gasteiger partial charge in [-0.05, 0) is 59.8 Å². The molecule has 17 nitrogen and oxygen atoms in total. The number of benzene rings is 2. The average Bonchev–Trinajstić information content (AvgIpc) is 3.18. The maximum absolute atomic E-state index is 13.9. The van der Waals surface area contributed by atoms with Crippen molar-refractivity contribution in [1.29, 1.82) is 0 Å². The summed E-state index contributed by atoms with van der Waals surface area (Å²) in [7, 11) is 4.71. The van der Waals surface area contributed by atoms with Crippen LogP contribution in [0.5, 0.6) is 11.5 Å². The van der Waals surface area contributed by atoms with Gasteiger partial charge in [-0.15, -0.1) is 0 Å². The zero-order chi connectivity index (χ0) is 42.9. The highest BCUT2D eigenvalue weighted by Gasteiger charge is 2.63. The van der Waals surface area contributed by atoms with E-state index in [9.17, 15) is 45.0 Å². The number of ketones is 2. The van der Waals surface area contributed by atoms with E-state index in [1.165, 1.54) is 18.2 Å². The van der Waals surface area contributed by atoms with Gasteiger partial charge in [0.1, 0.15) is 29.3 Å². The molecule has 0 saturated carbocycles. The molecular formula is C42H55NO16. The monoisotopic (exact) mass is 829 g/mol. The van der Waals surface area contributed by atoms with Gasteiger partial charge in [-0.1, -0.05) is 19.1 Å². The summed E-state index contributed by atoms with van der Waals surface area (Å²) in [4.78, 5) is 43.2. The molecule has 3 aliphatic heterocycles. The Morgan fingerprint density at radius 1 is 0.831 bits per heavy atom. The number of phenols is 2. The maximum atomic E-state index is 13.9. The third-order valence-corrected chi connectivity index (χ3v) is 12.8. The average molecular weight is 830 g/mol. The Morgan fingerprint density at radius 3 is 2.10 bits per heavy atom. The van der Waals surface area contributed by atoms with E-state index in [0.717, 1.165) is 13.2 Å². The number of rotatable bonds is 9. The van der Waals surface area contributed by atoms with E-state index in [4.69, 9.17) is 33.2 Å². The van der Waals surface area contributed by atoms with Crippen molar-refractivity contribution in [2.75, 3.05) is 21.2 Å². The molecule has 3 fully saturated rings. The van der Waals surface area contributed by atoms with Crippen LogP contribution in [0.3, 0.4) is 0 Å². The van der Waals surface area contributed by atoms with Gasteiger partial charge >= 0.3 is 5.97 Å². The Bertz CT molecular complexity index is 1940. The zero-order valence-electron chi connectivity index (χ0n) is 34.2. The molecule has 2 aromatic rings. The van der Waals surface area contributed by atoms with Crippen molar-refractivity contribution < 1.29 is 78.2 Å². The Kier molecular flexibility index (Phi) is 12.1. The van der Waals surface area contributed by atoms with Crippen LogP contribution in [0.2, 0.25) is 0 Å². The first kappa shape index (κ1) is 43.5. The lowest BCUT2D eigenvalue weighted by molar-refractivity contribution is -0.329. The first-order valence-corrected chi connectivity index (χ1v) is 20.1. The Balaban J connectivity index is 1.15. The SMILES string of the molecule is CCC1(O)CC(OC2CC(N(C)C)C(OC3CC(O)C(OC4CCC(O)C(C)O4)C(C)O3)C(C)O2)c2c(cc3c(c2O)C(=O)c2c(O)cccc2C3=O)C1(O)C(=O)OC. The smallest absolute Gasteiger partial charge is 0.345 e. The molecule has 6 N–H and O–H groups in total. The van der Waals surface area contributed by atoms with Crippen molar-refractivity contribution in [3.63, 3.8) is 0 Å². The van der Waals surface area contributed by atoms with Crippen LogP contribution in [-0.2, 0) is 43.6 Å². The van der Waals surface area contributed by atoms with E-state index < -0.39 is 120 Å². The minimum atomic E-state index is -2.82. The predicted octanol–water partition coefficient (Wildman–Crippen LogP) is 2.05. The van der Waals surface area contributed by atoms with E-state index in [-0.39, 0.29) is 53.1 Å². The number of fused-ring (bicyclic) bond motifs is 3. The molecule has 14 atom stereocenters. The highest BCUT2D eigenvalue weighted by molar-refractivity contribution is 6.30. The van der Waals surface area contributed by atoms with Gasteiger partial charge in [-0.25, -0.2) is 4.79 Å². The summed E-state index contributed by atoms with van der Waals surface area (Å²) in [6, 6.07) is 4.68. The first-order valence-electron chi connectivity index (χ1n) is 20.1. The normalized spacial score (nSPS) is 38.4. The van der Waals surface area contributed by atoms with E-state index in [1.807, 2.05) is 19.0 Å². The summed E-state index contributed by atoms with van der Waals surface area (Å²) in [6.45, 7) is 6.86. The number of phenolic OH excluding ortho intramolecular Hbond substituents is 2. The van der Waals surface area contributed by atoms with Gasteiger partial charge in [0, 0.05) is 54.0 Å². The van der Waals surface area contributed by atoms with Crippen molar-refractivity contribution in [3.8, 4) is 11.5 Å². The van der Waals surface area contributed by atoms with Crippen LogP contribution in [0.4, 0.5) is 0 Å². The van der Waals surface area contributed by atoms with Gasteiger partial charge in [0.05, 0.1) is 54.9 Å². The molecule has 2 aliphatic carbocycles. The lowest BCUT2D eigenvalue weighted by Crippen LogP contribution is -2.61. The first-order chi connectivity index (χ1) is 27.8. The minimum Gasteiger partial charge on any atom is -0.507 e. The molecule has 324 valence electrons. The number of ether oxygens (including phenoxy) is 7. The molecule has 0 spiro atoms. The quantitative estimate of drug-likeness (QED) is 0.169. The summed E-state index contributed by atoms with van der Waals surface area (Å²) in [5.41, 5.74) is -6.95. The van der Waals surface area contributed by atoms with Crippen molar-refractivity contribution in [1.82, 2.24) is 4.90 Å². The van der Waals surface area contributed by atoms with Crippen molar-refractivity contribution in [2.24, 2.45) is 0 Å². The van der Waals surface area contributed by atoms with Gasteiger partial charge < -0.3 is 68.7 Å². The molecule has 7 rings (SSSR count). The van der Waals surface area contributed by atoms with E-state index in [0.29, 0.717) is 12.8 Å². The van der Waals surface area contributed by atoms with E-state index in [1.54, 1.807) is 27.7 Å². The lowest BCUT2D eigenvalue weighted by atomic mass is 9.64. The summed E-state index contributed by atoms with van der Waals surface area (Å²) < 4.78 is 42.5. The number of likely N-dealkylation sites (N-methyl/N-ethyl adjacent to an activating group) is 1. The molecule has 3 saturated heterocycles.